The Kier molecular flexibility index (Phi) is 5.12. The highest BCUT2D eigenvalue weighted by Crippen LogP contribution is 2.26. The fourth-order valence-corrected chi connectivity index (χ4v) is 3.05. The van der Waals surface area contributed by atoms with E-state index in [1.54, 1.807) is 6.20 Å². The van der Waals surface area contributed by atoms with Crippen LogP contribution in [0.5, 0.6) is 0 Å². The molecule has 4 heteroatoms. The number of aromatic amines is 1. The van der Waals surface area contributed by atoms with Gasteiger partial charge in [0.15, 0.2) is 5.82 Å². The average Bonchev–Trinajstić information content (AvgIpc) is 3.09. The molecule has 0 saturated heterocycles. The monoisotopic (exact) mass is 344 g/mol. The van der Waals surface area contributed by atoms with Crippen molar-refractivity contribution in [3.05, 3.63) is 76.7 Å². The van der Waals surface area contributed by atoms with Gasteiger partial charge in [-0.15, -0.1) is 0 Å². The van der Waals surface area contributed by atoms with E-state index in [1.807, 2.05) is 44.2 Å². The fourth-order valence-electron chi connectivity index (χ4n) is 3.05. The number of nitrogens with zero attached hydrogens (tertiary/aromatic N) is 3. The zero-order chi connectivity index (χ0) is 18.7. The lowest BCUT2D eigenvalue weighted by molar-refractivity contribution is 1.25. The molecule has 0 aliphatic heterocycles. The second kappa shape index (κ2) is 7.48. The lowest BCUT2D eigenvalue weighted by Gasteiger charge is -2.08. The van der Waals surface area contributed by atoms with Crippen LogP contribution in [0.4, 0.5) is 11.5 Å². The summed E-state index contributed by atoms with van der Waals surface area (Å²) in [6.07, 6.45) is 1.75. The van der Waals surface area contributed by atoms with E-state index in [2.05, 4.69) is 47.9 Å². The number of aryl methyl sites for hydroxylation is 3. The number of hydrogen-bond donors (Lipinski definition) is 1. The average molecular weight is 344 g/mol. The molecule has 0 fully saturated rings. The van der Waals surface area contributed by atoms with E-state index in [0.717, 1.165) is 28.5 Å². The number of pyridine rings is 1. The third-order valence-corrected chi connectivity index (χ3v) is 4.31. The van der Waals surface area contributed by atoms with Crippen molar-refractivity contribution in [3.63, 3.8) is 0 Å². The van der Waals surface area contributed by atoms with Crippen molar-refractivity contribution in [1.82, 2.24) is 9.97 Å². The Morgan fingerprint density at radius 2 is 1.46 bits per heavy atom. The molecule has 1 N–H and O–H groups in total. The first kappa shape index (κ1) is 17.8. The second-order valence-electron chi connectivity index (χ2n) is 6.62. The van der Waals surface area contributed by atoms with E-state index < -0.39 is 0 Å². The van der Waals surface area contributed by atoms with Gasteiger partial charge in [-0.25, -0.2) is 9.98 Å². The number of nitrogens with one attached hydrogen (secondary N) is 1. The summed E-state index contributed by atoms with van der Waals surface area (Å²) in [6, 6.07) is 14.1. The molecule has 0 amide bonds. The maximum atomic E-state index is 4.86. The number of aromatic nitrogens is 2. The number of benzene rings is 1. The Morgan fingerprint density at radius 1 is 0.846 bits per heavy atom. The van der Waals surface area contributed by atoms with Gasteiger partial charge in [0.25, 0.3) is 0 Å². The number of aliphatic imine (C=N–C) groups is 2. The van der Waals surface area contributed by atoms with Gasteiger partial charge >= 0.3 is 0 Å². The minimum atomic E-state index is 0.706. The van der Waals surface area contributed by atoms with Crippen LogP contribution in [0.25, 0.3) is 0 Å². The van der Waals surface area contributed by atoms with E-state index in [0.29, 0.717) is 5.82 Å². The maximum absolute atomic E-state index is 4.86. The van der Waals surface area contributed by atoms with Crippen molar-refractivity contribution in [3.8, 4) is 0 Å². The standard InChI is InChI=1S/C22H24N4/c1-14-12-15(2)22(16(3)13-14)25-18(5)20-10-9-19(26-20)17(4)24-21-8-6-7-11-23-21/h6-13,26H,1-5H3/b24-17+,25-18?. The van der Waals surface area contributed by atoms with Crippen LogP contribution in [0.15, 0.2) is 58.6 Å². The van der Waals surface area contributed by atoms with Gasteiger partial charge in [-0.1, -0.05) is 23.8 Å². The molecule has 0 saturated carbocycles. The molecule has 0 radical (unpaired) electrons. The zero-order valence-corrected chi connectivity index (χ0v) is 16.0. The fraction of sp³-hybridized carbons (Fsp3) is 0.227. The second-order valence-corrected chi connectivity index (χ2v) is 6.62. The van der Waals surface area contributed by atoms with Crippen molar-refractivity contribution in [2.75, 3.05) is 0 Å². The molecular weight excluding hydrogens is 320 g/mol. The topological polar surface area (TPSA) is 53.4 Å². The highest BCUT2D eigenvalue weighted by molar-refractivity contribution is 6.03. The zero-order valence-electron chi connectivity index (χ0n) is 16.0. The van der Waals surface area contributed by atoms with Gasteiger partial charge in [0.1, 0.15) is 0 Å². The van der Waals surface area contributed by atoms with Gasteiger partial charge in [0.05, 0.1) is 28.5 Å². The molecule has 132 valence electrons. The van der Waals surface area contributed by atoms with Crippen molar-refractivity contribution >= 4 is 22.9 Å². The Labute approximate surface area is 154 Å². The van der Waals surface area contributed by atoms with Gasteiger partial charge in [0, 0.05) is 6.20 Å². The maximum Gasteiger partial charge on any atom is 0.152 e. The molecule has 0 aliphatic carbocycles. The summed E-state index contributed by atoms with van der Waals surface area (Å²) >= 11 is 0. The van der Waals surface area contributed by atoms with Gasteiger partial charge in [-0.05, 0) is 70.0 Å². The predicted molar refractivity (Wildman–Crippen MR) is 109 cm³/mol. The van der Waals surface area contributed by atoms with Gasteiger partial charge < -0.3 is 4.98 Å². The molecule has 3 rings (SSSR count). The molecule has 0 bridgehead atoms. The van der Waals surface area contributed by atoms with Crippen LogP contribution in [0.2, 0.25) is 0 Å². The SMILES string of the molecule is CC(=Nc1c(C)cc(C)cc1C)c1ccc(/C(C)=N/c2ccccn2)[nH]1. The van der Waals surface area contributed by atoms with Crippen molar-refractivity contribution in [2.24, 2.45) is 9.98 Å². The van der Waals surface area contributed by atoms with Gasteiger partial charge in [-0.2, -0.15) is 0 Å². The van der Waals surface area contributed by atoms with Crippen molar-refractivity contribution < 1.29 is 0 Å². The van der Waals surface area contributed by atoms with E-state index in [-0.39, 0.29) is 0 Å². The van der Waals surface area contributed by atoms with Crippen LogP contribution in [0.1, 0.15) is 41.9 Å². The van der Waals surface area contributed by atoms with Crippen LogP contribution in [-0.4, -0.2) is 21.4 Å². The quantitative estimate of drug-likeness (QED) is 0.614. The molecule has 0 aliphatic rings. The summed E-state index contributed by atoms with van der Waals surface area (Å²) < 4.78 is 0. The van der Waals surface area contributed by atoms with Crippen LogP contribution in [-0.2, 0) is 0 Å². The lowest BCUT2D eigenvalue weighted by atomic mass is 10.1. The van der Waals surface area contributed by atoms with Crippen LogP contribution in [0.3, 0.4) is 0 Å². The Hall–Kier alpha value is -3.01. The van der Waals surface area contributed by atoms with Gasteiger partial charge in [-0.3, -0.25) is 4.99 Å². The third kappa shape index (κ3) is 3.97. The molecule has 0 unspecified atom stereocenters. The molecule has 2 heterocycles. The summed E-state index contributed by atoms with van der Waals surface area (Å²) in [6.45, 7) is 10.3. The van der Waals surface area contributed by atoms with Crippen LogP contribution >= 0.6 is 0 Å². The minimum absolute atomic E-state index is 0.706. The first-order valence-electron chi connectivity index (χ1n) is 8.73. The molecule has 1 aromatic carbocycles. The molecule has 0 atom stereocenters. The van der Waals surface area contributed by atoms with E-state index in [4.69, 9.17) is 4.99 Å². The van der Waals surface area contributed by atoms with Crippen molar-refractivity contribution in [1.29, 1.82) is 0 Å². The minimum Gasteiger partial charge on any atom is -0.353 e. The lowest BCUT2D eigenvalue weighted by Crippen LogP contribution is -1.99. The number of hydrogen-bond acceptors (Lipinski definition) is 3. The molecular formula is C22H24N4. The number of rotatable bonds is 4. The number of H-pyrrole nitrogens is 1. The predicted octanol–water partition coefficient (Wildman–Crippen LogP) is 5.62. The molecule has 2 aromatic heterocycles. The summed E-state index contributed by atoms with van der Waals surface area (Å²) in [4.78, 5) is 17.1. The van der Waals surface area contributed by atoms with Crippen LogP contribution < -0.4 is 0 Å². The first-order valence-corrected chi connectivity index (χ1v) is 8.73. The van der Waals surface area contributed by atoms with Crippen molar-refractivity contribution in [2.45, 2.75) is 34.6 Å². The summed E-state index contributed by atoms with van der Waals surface area (Å²) in [5.41, 5.74) is 8.51. The Bertz CT molecular complexity index is 955. The van der Waals surface area contributed by atoms with E-state index in [1.165, 1.54) is 16.7 Å². The molecule has 0 spiro atoms. The Morgan fingerprint density at radius 3 is 2.04 bits per heavy atom. The smallest absolute Gasteiger partial charge is 0.152 e. The molecule has 26 heavy (non-hydrogen) atoms. The van der Waals surface area contributed by atoms with Gasteiger partial charge in [0.2, 0.25) is 0 Å². The van der Waals surface area contributed by atoms with E-state index >= 15 is 0 Å². The highest BCUT2D eigenvalue weighted by Gasteiger charge is 2.08. The van der Waals surface area contributed by atoms with Crippen LogP contribution in [0, 0.1) is 20.8 Å². The Balaban J connectivity index is 1.89. The molecule has 3 aromatic rings. The summed E-state index contributed by atoms with van der Waals surface area (Å²) in [5, 5.41) is 0. The largest absolute Gasteiger partial charge is 0.353 e. The third-order valence-electron chi connectivity index (χ3n) is 4.31. The normalized spacial score (nSPS) is 12.5. The first-order chi connectivity index (χ1) is 12.4. The van der Waals surface area contributed by atoms with E-state index in [9.17, 15) is 0 Å². The molecule has 4 nitrogen and oxygen atoms in total. The highest BCUT2D eigenvalue weighted by atomic mass is 14.9. The summed E-state index contributed by atoms with van der Waals surface area (Å²) in [5.74, 6) is 0.706. The summed E-state index contributed by atoms with van der Waals surface area (Å²) in [7, 11) is 0.